The maximum atomic E-state index is 6.06. The highest BCUT2D eigenvalue weighted by molar-refractivity contribution is 7.26. The Kier molecular flexibility index (Phi) is 2.10. The lowest BCUT2D eigenvalue weighted by atomic mass is 10.1. The molecule has 0 saturated heterocycles. The summed E-state index contributed by atoms with van der Waals surface area (Å²) in [5.74, 6) is 0. The number of fused-ring (bicyclic) bond motifs is 5. The van der Waals surface area contributed by atoms with Crippen molar-refractivity contribution in [2.45, 2.75) is 0 Å². The fraction of sp³-hybridized carbons (Fsp3) is 0. The van der Waals surface area contributed by atoms with Gasteiger partial charge in [0.05, 0.1) is 0 Å². The van der Waals surface area contributed by atoms with Gasteiger partial charge in [0.1, 0.15) is 0 Å². The maximum Gasteiger partial charge on any atom is 0.0420 e. The number of hydrogen-bond acceptors (Lipinski definition) is 2. The Morgan fingerprint density at radius 1 is 0.944 bits per heavy atom. The number of nitrogens with zero attached hydrogens (tertiary/aromatic N) is 1. The molecule has 2 aromatic heterocycles. The molecule has 18 heavy (non-hydrogen) atoms. The Morgan fingerprint density at radius 2 is 1.89 bits per heavy atom. The molecule has 2 aromatic carbocycles. The summed E-state index contributed by atoms with van der Waals surface area (Å²) in [7, 11) is 0. The van der Waals surface area contributed by atoms with E-state index < -0.39 is 0 Å². The zero-order valence-corrected chi connectivity index (χ0v) is 10.9. The van der Waals surface area contributed by atoms with Gasteiger partial charge in [0, 0.05) is 43.0 Å². The number of hydrogen-bond donors (Lipinski definition) is 0. The first-order valence-electron chi connectivity index (χ1n) is 5.67. The van der Waals surface area contributed by atoms with Gasteiger partial charge in [-0.15, -0.1) is 11.3 Å². The van der Waals surface area contributed by atoms with Crippen molar-refractivity contribution >= 4 is 53.9 Å². The summed E-state index contributed by atoms with van der Waals surface area (Å²) < 4.78 is 2.52. The number of thiophene rings is 1. The Hall–Kier alpha value is -1.64. The lowest BCUT2D eigenvalue weighted by Gasteiger charge is -1.99. The maximum absolute atomic E-state index is 6.06. The van der Waals surface area contributed by atoms with Gasteiger partial charge in [-0.1, -0.05) is 23.7 Å². The van der Waals surface area contributed by atoms with E-state index in [0.29, 0.717) is 0 Å². The van der Waals surface area contributed by atoms with Gasteiger partial charge in [0.15, 0.2) is 0 Å². The van der Waals surface area contributed by atoms with Crippen molar-refractivity contribution in [2.75, 3.05) is 0 Å². The summed E-state index contributed by atoms with van der Waals surface area (Å²) in [5.41, 5.74) is 0. The molecule has 0 fully saturated rings. The van der Waals surface area contributed by atoms with E-state index in [1.807, 2.05) is 30.6 Å². The smallest absolute Gasteiger partial charge is 0.0420 e. The molecule has 0 amide bonds. The number of rotatable bonds is 0. The van der Waals surface area contributed by atoms with Crippen LogP contribution >= 0.6 is 22.9 Å². The van der Waals surface area contributed by atoms with Crippen molar-refractivity contribution in [2.24, 2.45) is 0 Å². The third kappa shape index (κ3) is 1.36. The fourth-order valence-electron chi connectivity index (χ4n) is 2.41. The topological polar surface area (TPSA) is 12.9 Å². The van der Waals surface area contributed by atoms with Crippen LogP contribution in [-0.2, 0) is 0 Å². The molecule has 0 radical (unpaired) electrons. The van der Waals surface area contributed by atoms with E-state index in [9.17, 15) is 0 Å². The molecule has 4 rings (SSSR count). The average Bonchev–Trinajstić information content (AvgIpc) is 2.76. The van der Waals surface area contributed by atoms with Crippen molar-refractivity contribution < 1.29 is 0 Å². The molecule has 2 heterocycles. The lowest BCUT2D eigenvalue weighted by molar-refractivity contribution is 1.37. The highest BCUT2D eigenvalue weighted by Gasteiger charge is 2.08. The summed E-state index contributed by atoms with van der Waals surface area (Å²) in [5, 5.41) is 5.78. The largest absolute Gasteiger partial charge is 0.264 e. The Labute approximate surface area is 113 Å². The predicted octanol–water partition coefficient (Wildman–Crippen LogP) is 5.26. The second-order valence-corrected chi connectivity index (χ2v) is 5.80. The minimum Gasteiger partial charge on any atom is -0.264 e. The van der Waals surface area contributed by atoms with Crippen LogP contribution in [0.1, 0.15) is 0 Å². The van der Waals surface area contributed by atoms with Gasteiger partial charge >= 0.3 is 0 Å². The molecule has 0 aliphatic heterocycles. The second kappa shape index (κ2) is 3.67. The standard InChI is InChI=1S/C15H8ClNS/c16-10-2-3-11-14(7-10)18-13-4-1-9-5-6-17-8-12(9)15(11)13/h1-8H. The van der Waals surface area contributed by atoms with Crippen molar-refractivity contribution in [3.05, 3.63) is 53.8 Å². The molecular weight excluding hydrogens is 262 g/mol. The fourth-order valence-corrected chi connectivity index (χ4v) is 3.81. The van der Waals surface area contributed by atoms with Gasteiger partial charge in [0.25, 0.3) is 0 Å². The van der Waals surface area contributed by atoms with Crippen molar-refractivity contribution in [3.63, 3.8) is 0 Å². The molecule has 0 aliphatic rings. The van der Waals surface area contributed by atoms with Crippen LogP contribution in [0.15, 0.2) is 48.8 Å². The monoisotopic (exact) mass is 269 g/mol. The average molecular weight is 270 g/mol. The molecule has 0 N–H and O–H groups in total. The molecule has 4 aromatic rings. The number of pyridine rings is 1. The number of aromatic nitrogens is 1. The second-order valence-electron chi connectivity index (χ2n) is 4.28. The highest BCUT2D eigenvalue weighted by atomic mass is 35.5. The minimum atomic E-state index is 0.788. The van der Waals surface area contributed by atoms with Crippen LogP contribution in [0.25, 0.3) is 30.9 Å². The molecule has 0 unspecified atom stereocenters. The van der Waals surface area contributed by atoms with E-state index in [-0.39, 0.29) is 0 Å². The Morgan fingerprint density at radius 3 is 2.83 bits per heavy atom. The summed E-state index contributed by atoms with van der Waals surface area (Å²) >= 11 is 7.84. The van der Waals surface area contributed by atoms with E-state index in [2.05, 4.69) is 23.2 Å². The van der Waals surface area contributed by atoms with Crippen molar-refractivity contribution in [1.29, 1.82) is 0 Å². The van der Waals surface area contributed by atoms with Crippen LogP contribution < -0.4 is 0 Å². The first-order valence-corrected chi connectivity index (χ1v) is 6.87. The summed E-state index contributed by atoms with van der Waals surface area (Å²) in [6.45, 7) is 0. The van der Waals surface area contributed by atoms with Gasteiger partial charge in [-0.2, -0.15) is 0 Å². The molecule has 0 spiro atoms. The lowest BCUT2D eigenvalue weighted by Crippen LogP contribution is -1.76. The van der Waals surface area contributed by atoms with Crippen LogP contribution in [0.5, 0.6) is 0 Å². The molecule has 0 saturated carbocycles. The first-order chi connectivity index (χ1) is 8.83. The molecule has 0 atom stereocenters. The molecule has 0 aliphatic carbocycles. The summed E-state index contributed by atoms with van der Waals surface area (Å²) in [4.78, 5) is 4.25. The third-order valence-electron chi connectivity index (χ3n) is 3.22. The van der Waals surface area contributed by atoms with E-state index in [1.165, 1.54) is 30.9 Å². The van der Waals surface area contributed by atoms with Crippen LogP contribution in [0.3, 0.4) is 0 Å². The number of halogens is 1. The van der Waals surface area contributed by atoms with Crippen LogP contribution in [0, 0.1) is 0 Å². The van der Waals surface area contributed by atoms with Crippen molar-refractivity contribution in [1.82, 2.24) is 4.98 Å². The quantitative estimate of drug-likeness (QED) is 0.424. The Bertz CT molecular complexity index is 895. The molecular formula is C15H8ClNS. The van der Waals surface area contributed by atoms with Crippen LogP contribution in [0.2, 0.25) is 5.02 Å². The highest BCUT2D eigenvalue weighted by Crippen LogP contribution is 2.38. The predicted molar refractivity (Wildman–Crippen MR) is 79.6 cm³/mol. The van der Waals surface area contributed by atoms with Gasteiger partial charge in [-0.05, 0) is 29.7 Å². The first kappa shape index (κ1) is 10.3. The van der Waals surface area contributed by atoms with Crippen molar-refractivity contribution in [3.8, 4) is 0 Å². The summed E-state index contributed by atoms with van der Waals surface area (Å²) in [6, 6.07) is 12.5. The van der Waals surface area contributed by atoms with E-state index in [1.54, 1.807) is 11.3 Å². The van der Waals surface area contributed by atoms with Gasteiger partial charge in [-0.25, -0.2) is 0 Å². The minimum absolute atomic E-state index is 0.788. The van der Waals surface area contributed by atoms with E-state index >= 15 is 0 Å². The zero-order valence-electron chi connectivity index (χ0n) is 9.35. The third-order valence-corrected chi connectivity index (χ3v) is 4.57. The zero-order chi connectivity index (χ0) is 12.1. The van der Waals surface area contributed by atoms with Gasteiger partial charge < -0.3 is 0 Å². The van der Waals surface area contributed by atoms with E-state index in [4.69, 9.17) is 11.6 Å². The van der Waals surface area contributed by atoms with Gasteiger partial charge in [-0.3, -0.25) is 4.98 Å². The summed E-state index contributed by atoms with van der Waals surface area (Å²) in [6.07, 6.45) is 3.78. The molecule has 0 bridgehead atoms. The van der Waals surface area contributed by atoms with Gasteiger partial charge in [0.2, 0.25) is 0 Å². The Balaban J connectivity index is 2.33. The SMILES string of the molecule is Clc1ccc2c(c1)sc1ccc3ccncc3c12. The normalized spacial score (nSPS) is 11.6. The van der Waals surface area contributed by atoms with E-state index in [0.717, 1.165) is 5.02 Å². The number of benzene rings is 2. The molecule has 3 heteroatoms. The molecule has 86 valence electrons. The molecule has 1 nitrogen and oxygen atoms in total. The van der Waals surface area contributed by atoms with Crippen LogP contribution in [0.4, 0.5) is 0 Å². The van der Waals surface area contributed by atoms with Crippen LogP contribution in [-0.4, -0.2) is 4.98 Å².